The van der Waals surface area contributed by atoms with Crippen LogP contribution >= 0.6 is 23.2 Å². The van der Waals surface area contributed by atoms with Gasteiger partial charge in [0.1, 0.15) is 11.4 Å². The third kappa shape index (κ3) is 3.05. The van der Waals surface area contributed by atoms with E-state index in [4.69, 9.17) is 23.2 Å². The number of nitrogens with zero attached hydrogens (tertiary/aromatic N) is 2. The van der Waals surface area contributed by atoms with Gasteiger partial charge in [0.2, 0.25) is 0 Å². The molecule has 0 saturated carbocycles. The molecule has 0 saturated heterocycles. The number of fused-ring (bicyclic) bond motifs is 1. The van der Waals surface area contributed by atoms with Crippen molar-refractivity contribution in [1.82, 2.24) is 0 Å². The molecule has 0 spiro atoms. The van der Waals surface area contributed by atoms with E-state index in [0.29, 0.717) is 16.0 Å². The average molecular weight is 304 g/mol. The summed E-state index contributed by atoms with van der Waals surface area (Å²) in [4.78, 5) is 0. The molecule has 6 heteroatoms. The summed E-state index contributed by atoms with van der Waals surface area (Å²) in [5, 5.41) is 4.49. The molecule has 1 aliphatic heterocycles. The van der Waals surface area contributed by atoms with Crippen LogP contribution in [0.15, 0.2) is 14.8 Å². The van der Waals surface area contributed by atoms with Gasteiger partial charge in [0.15, 0.2) is 0 Å². The Morgan fingerprint density at radius 1 is 1.22 bits per heavy atom. The molecular weight excluding hydrogens is 289 g/mol. The van der Waals surface area contributed by atoms with Crippen molar-refractivity contribution >= 4 is 51.6 Å². The molecule has 0 radical (unpaired) electrons. The second kappa shape index (κ2) is 6.04. The first-order valence-electron chi connectivity index (χ1n) is 5.93. The number of benzene rings is 1. The van der Waals surface area contributed by atoms with E-state index in [1.165, 1.54) is 6.42 Å². The van der Waals surface area contributed by atoms with Crippen LogP contribution in [0, 0.1) is 5.92 Å². The third-order valence-electron chi connectivity index (χ3n) is 2.70. The highest BCUT2D eigenvalue weighted by Gasteiger charge is 2.18. The summed E-state index contributed by atoms with van der Waals surface area (Å²) in [5.41, 5.74) is 2.33. The van der Waals surface area contributed by atoms with E-state index in [0.717, 1.165) is 41.4 Å². The Bertz CT molecular complexity index is 523. The first-order valence-corrected chi connectivity index (χ1v) is 7.42. The monoisotopic (exact) mass is 303 g/mol. The standard InChI is InChI=1S/C12H15Cl2N3S/c1-7(2)4-3-5-15-10-8(13)6-9(14)11-12(10)17-18-16-11/h6-7,15H,3-5H2,1-2H3. The van der Waals surface area contributed by atoms with Crippen LogP contribution in [0.5, 0.6) is 0 Å². The number of anilines is 1. The van der Waals surface area contributed by atoms with Crippen LogP contribution in [-0.2, 0) is 11.4 Å². The fraction of sp³-hybridized carbons (Fsp3) is 0.500. The highest BCUT2D eigenvalue weighted by Crippen LogP contribution is 2.47. The van der Waals surface area contributed by atoms with Crippen LogP contribution in [0.25, 0.3) is 0 Å². The maximum Gasteiger partial charge on any atom is 0.130 e. The van der Waals surface area contributed by atoms with Gasteiger partial charge in [-0.15, -0.1) is 0 Å². The lowest BCUT2D eigenvalue weighted by Gasteiger charge is -2.12. The third-order valence-corrected chi connectivity index (χ3v) is 3.82. The number of hydrogen-bond acceptors (Lipinski definition) is 3. The molecule has 1 aromatic rings. The Morgan fingerprint density at radius 2 is 1.94 bits per heavy atom. The molecule has 3 nitrogen and oxygen atoms in total. The first-order chi connectivity index (χ1) is 8.59. The van der Waals surface area contributed by atoms with Gasteiger partial charge in [-0.3, -0.25) is 0 Å². The number of halogens is 2. The predicted octanol–water partition coefficient (Wildman–Crippen LogP) is 5.57. The molecule has 1 aromatic carbocycles. The summed E-state index contributed by atoms with van der Waals surface area (Å²) in [5.74, 6) is 0.716. The highest BCUT2D eigenvalue weighted by atomic mass is 35.5. The second-order valence-corrected chi connectivity index (χ2v) is 5.98. The second-order valence-electron chi connectivity index (χ2n) is 4.64. The minimum Gasteiger partial charge on any atom is -0.382 e. The molecule has 0 bridgehead atoms. The Balaban J connectivity index is 2.10. The maximum atomic E-state index is 6.20. The summed E-state index contributed by atoms with van der Waals surface area (Å²) in [6, 6.07) is 1.72. The van der Waals surface area contributed by atoms with Crippen molar-refractivity contribution in [2.24, 2.45) is 14.6 Å². The molecular formula is C12H15Cl2N3S. The molecule has 0 aliphatic carbocycles. The quantitative estimate of drug-likeness (QED) is 0.720. The topological polar surface area (TPSA) is 36.8 Å². The van der Waals surface area contributed by atoms with Gasteiger partial charge in [0.25, 0.3) is 0 Å². The van der Waals surface area contributed by atoms with E-state index in [1.807, 2.05) is 0 Å². The number of nitrogens with one attached hydrogen (secondary N) is 1. The molecule has 98 valence electrons. The minimum atomic E-state index is 0.552. The number of rotatable bonds is 5. The fourth-order valence-electron chi connectivity index (χ4n) is 1.77. The van der Waals surface area contributed by atoms with Crippen LogP contribution in [0.3, 0.4) is 0 Å². The highest BCUT2D eigenvalue weighted by molar-refractivity contribution is 7.58. The zero-order valence-corrected chi connectivity index (χ0v) is 12.7. The van der Waals surface area contributed by atoms with Gasteiger partial charge in [0, 0.05) is 6.54 Å². The molecule has 1 aliphatic rings. The predicted molar refractivity (Wildman–Crippen MR) is 80.6 cm³/mol. The first kappa shape index (κ1) is 13.8. The van der Waals surface area contributed by atoms with Crippen molar-refractivity contribution in [2.75, 3.05) is 11.9 Å². The van der Waals surface area contributed by atoms with Crippen molar-refractivity contribution in [2.45, 2.75) is 26.7 Å². The molecule has 0 unspecified atom stereocenters. The Hall–Kier alpha value is -0.580. The molecule has 0 aromatic heterocycles. The van der Waals surface area contributed by atoms with Crippen LogP contribution in [0.4, 0.5) is 17.1 Å². The summed E-state index contributed by atoms with van der Waals surface area (Å²) < 4.78 is 8.43. The van der Waals surface area contributed by atoms with E-state index >= 15 is 0 Å². The molecule has 2 rings (SSSR count). The van der Waals surface area contributed by atoms with Gasteiger partial charge in [-0.05, 0) is 24.8 Å². The lowest BCUT2D eigenvalue weighted by Crippen LogP contribution is -2.03. The molecule has 0 fully saturated rings. The van der Waals surface area contributed by atoms with E-state index in [-0.39, 0.29) is 0 Å². The van der Waals surface area contributed by atoms with Crippen molar-refractivity contribution in [3.63, 3.8) is 0 Å². The van der Waals surface area contributed by atoms with E-state index in [1.54, 1.807) is 6.07 Å². The summed E-state index contributed by atoms with van der Waals surface area (Å²) >= 11 is 13.4. The van der Waals surface area contributed by atoms with Crippen molar-refractivity contribution in [3.05, 3.63) is 16.1 Å². The maximum absolute atomic E-state index is 6.20. The smallest absolute Gasteiger partial charge is 0.130 e. The normalized spacial score (nSPS) is 12.7. The molecule has 1 heterocycles. The fourth-order valence-corrected chi connectivity index (χ4v) is 2.95. The van der Waals surface area contributed by atoms with E-state index < -0.39 is 0 Å². The van der Waals surface area contributed by atoms with Crippen molar-refractivity contribution < 1.29 is 0 Å². The van der Waals surface area contributed by atoms with E-state index in [9.17, 15) is 0 Å². The van der Waals surface area contributed by atoms with Gasteiger partial charge < -0.3 is 5.32 Å². The van der Waals surface area contributed by atoms with Crippen molar-refractivity contribution in [3.8, 4) is 0 Å². The molecule has 18 heavy (non-hydrogen) atoms. The van der Waals surface area contributed by atoms with Crippen molar-refractivity contribution in [1.29, 1.82) is 0 Å². The molecule has 0 amide bonds. The Labute approximate surface area is 121 Å². The SMILES string of the molecule is CC(C)CCCNc1c(Cl)cc(Cl)c2c1N=S=N2. The minimum absolute atomic E-state index is 0.552. The lowest BCUT2D eigenvalue weighted by atomic mass is 10.1. The van der Waals surface area contributed by atoms with Crippen LogP contribution in [0.2, 0.25) is 10.0 Å². The zero-order valence-electron chi connectivity index (χ0n) is 10.3. The van der Waals surface area contributed by atoms with Gasteiger partial charge in [-0.25, -0.2) is 0 Å². The average Bonchev–Trinajstić information content (AvgIpc) is 2.76. The summed E-state index contributed by atoms with van der Waals surface area (Å²) in [6.07, 6.45) is 2.30. The Morgan fingerprint density at radius 3 is 2.67 bits per heavy atom. The lowest BCUT2D eigenvalue weighted by molar-refractivity contribution is 0.567. The summed E-state index contributed by atoms with van der Waals surface area (Å²) in [6.45, 7) is 5.32. The van der Waals surface area contributed by atoms with Crippen LogP contribution in [0.1, 0.15) is 26.7 Å². The van der Waals surface area contributed by atoms with Gasteiger partial charge in [-0.2, -0.15) is 8.73 Å². The molecule has 0 atom stereocenters. The Kier molecular flexibility index (Phi) is 4.65. The van der Waals surface area contributed by atoms with Gasteiger partial charge in [-0.1, -0.05) is 37.0 Å². The largest absolute Gasteiger partial charge is 0.382 e. The van der Waals surface area contributed by atoms with Crippen LogP contribution < -0.4 is 5.32 Å². The van der Waals surface area contributed by atoms with Gasteiger partial charge >= 0.3 is 0 Å². The zero-order chi connectivity index (χ0) is 13.1. The van der Waals surface area contributed by atoms with E-state index in [2.05, 4.69) is 27.9 Å². The van der Waals surface area contributed by atoms with Crippen LogP contribution in [-0.4, -0.2) is 6.54 Å². The number of hydrogen-bond donors (Lipinski definition) is 1. The molecule has 1 N–H and O–H groups in total. The van der Waals surface area contributed by atoms with Gasteiger partial charge in [0.05, 0.1) is 27.1 Å². The summed E-state index contributed by atoms with van der Waals surface area (Å²) in [7, 11) is 0.